The molecule has 0 unspecified atom stereocenters. The van der Waals surface area contributed by atoms with Crippen molar-refractivity contribution in [2.24, 2.45) is 16.7 Å². The number of hydrogen-bond acceptors (Lipinski definition) is 11. The van der Waals surface area contributed by atoms with Gasteiger partial charge >= 0.3 is 29.8 Å². The second kappa shape index (κ2) is 29.1. The number of esters is 5. The molecule has 3 aliphatic carbocycles. The van der Waals surface area contributed by atoms with Gasteiger partial charge in [0.05, 0.1) is 30.7 Å². The van der Waals surface area contributed by atoms with Crippen molar-refractivity contribution in [1.82, 2.24) is 0 Å². The predicted molar refractivity (Wildman–Crippen MR) is 211 cm³/mol. The second-order valence-corrected chi connectivity index (χ2v) is 15.7. The van der Waals surface area contributed by atoms with E-state index in [0.29, 0.717) is 57.7 Å². The van der Waals surface area contributed by atoms with Gasteiger partial charge in [-0.3, -0.25) is 24.0 Å². The van der Waals surface area contributed by atoms with E-state index >= 15 is 0 Å². The summed E-state index contributed by atoms with van der Waals surface area (Å²) in [6.45, 7) is 3.55. The van der Waals surface area contributed by atoms with Crippen molar-refractivity contribution in [1.29, 1.82) is 0 Å². The third kappa shape index (κ3) is 21.0. The highest BCUT2D eigenvalue weighted by Gasteiger charge is 2.48. The Morgan fingerprint density at radius 2 is 0.927 bits per heavy atom. The fourth-order valence-corrected chi connectivity index (χ4v) is 7.00. The second-order valence-electron chi connectivity index (χ2n) is 15.7. The maximum atomic E-state index is 13.4. The monoisotopic (exact) mass is 777 g/mol. The van der Waals surface area contributed by atoms with Gasteiger partial charge in [-0.25, -0.2) is 0 Å². The van der Waals surface area contributed by atoms with Gasteiger partial charge in [0, 0.05) is 25.7 Å². The summed E-state index contributed by atoms with van der Waals surface area (Å²) in [7, 11) is 0. The van der Waals surface area contributed by atoms with Crippen LogP contribution in [0.4, 0.5) is 0 Å². The van der Waals surface area contributed by atoms with E-state index < -0.39 is 29.4 Å². The molecule has 0 radical (unpaired) electrons. The van der Waals surface area contributed by atoms with E-state index in [-0.39, 0.29) is 63.4 Å². The Bertz CT molecular complexity index is 1090. The topological polar surface area (TPSA) is 152 Å². The largest absolute Gasteiger partial charge is 0.465 e. The molecule has 11 heteroatoms. The number of fused-ring (bicyclic) bond motifs is 3. The Morgan fingerprint density at radius 3 is 1.33 bits per heavy atom. The van der Waals surface area contributed by atoms with Crippen LogP contribution < -0.4 is 0 Å². The van der Waals surface area contributed by atoms with Crippen LogP contribution in [0.3, 0.4) is 0 Å². The molecule has 0 amide bonds. The lowest BCUT2D eigenvalue weighted by atomic mass is 9.61. The zero-order chi connectivity index (χ0) is 40.0. The van der Waals surface area contributed by atoms with Crippen molar-refractivity contribution in [3.63, 3.8) is 0 Å². The average Bonchev–Trinajstić information content (AvgIpc) is 3.20. The third-order valence-electron chi connectivity index (χ3n) is 10.9. The van der Waals surface area contributed by atoms with Gasteiger partial charge in [0.25, 0.3) is 0 Å². The Hall–Kier alpha value is -3.21. The Kier molecular flexibility index (Phi) is 25.4. The zero-order valence-corrected chi connectivity index (χ0v) is 34.1. The highest BCUT2D eigenvalue weighted by molar-refractivity contribution is 5.77. The number of aliphatic hydroxyl groups is 1. The van der Waals surface area contributed by atoms with Crippen LogP contribution in [-0.4, -0.2) is 74.6 Å². The van der Waals surface area contributed by atoms with E-state index in [9.17, 15) is 29.1 Å². The molecule has 3 fully saturated rings. The summed E-state index contributed by atoms with van der Waals surface area (Å²) in [6, 6.07) is 0. The van der Waals surface area contributed by atoms with Crippen molar-refractivity contribution in [3.05, 3.63) is 24.3 Å². The fraction of sp³-hybridized carbons (Fsp3) is 0.795. The minimum Gasteiger partial charge on any atom is -0.465 e. The summed E-state index contributed by atoms with van der Waals surface area (Å²) >= 11 is 0. The average molecular weight is 777 g/mol. The summed E-state index contributed by atoms with van der Waals surface area (Å²) in [6.07, 6.45) is 26.4. The molecule has 3 saturated carbocycles. The number of aliphatic hydroxyl groups excluding tert-OH is 1. The minimum absolute atomic E-state index is 0.0529. The van der Waals surface area contributed by atoms with E-state index in [1.807, 2.05) is 12.2 Å². The normalized spacial score (nSPS) is 18.1. The first-order chi connectivity index (χ1) is 26.7. The van der Waals surface area contributed by atoms with Gasteiger partial charge in [0.1, 0.15) is 19.8 Å². The van der Waals surface area contributed by atoms with Crippen LogP contribution in [-0.2, 0) is 47.7 Å². The van der Waals surface area contributed by atoms with Gasteiger partial charge in [0.2, 0.25) is 0 Å². The van der Waals surface area contributed by atoms with Crippen molar-refractivity contribution in [2.75, 3.05) is 39.6 Å². The maximum Gasteiger partial charge on any atom is 0.312 e. The minimum atomic E-state index is -1.34. The van der Waals surface area contributed by atoms with Crippen molar-refractivity contribution >= 4 is 29.8 Å². The molecule has 3 rings (SSSR count). The van der Waals surface area contributed by atoms with E-state index in [1.165, 1.54) is 25.7 Å². The summed E-state index contributed by atoms with van der Waals surface area (Å²) in [5.41, 5.74) is -1.87. The quantitative estimate of drug-likeness (QED) is 0.0302. The summed E-state index contributed by atoms with van der Waals surface area (Å²) in [5.74, 6) is -1.32. The molecule has 0 heterocycles. The third-order valence-corrected chi connectivity index (χ3v) is 10.9. The molecule has 0 spiro atoms. The van der Waals surface area contributed by atoms with Gasteiger partial charge in [-0.2, -0.15) is 0 Å². The molecule has 1 N–H and O–H groups in total. The van der Waals surface area contributed by atoms with Crippen molar-refractivity contribution in [2.45, 2.75) is 168 Å². The molecule has 0 aromatic heterocycles. The first kappa shape index (κ1) is 47.9. The molecule has 0 atom stereocenters. The van der Waals surface area contributed by atoms with Gasteiger partial charge in [-0.1, -0.05) is 63.8 Å². The smallest absolute Gasteiger partial charge is 0.312 e. The van der Waals surface area contributed by atoms with Gasteiger partial charge < -0.3 is 28.8 Å². The fourth-order valence-electron chi connectivity index (χ4n) is 7.00. The van der Waals surface area contributed by atoms with Gasteiger partial charge in [0.15, 0.2) is 0 Å². The molecule has 314 valence electrons. The Balaban J connectivity index is 1.77. The van der Waals surface area contributed by atoms with Gasteiger partial charge in [-0.05, 0) is 109 Å². The molecule has 2 bridgehead atoms. The number of ether oxygens (including phenoxy) is 5. The predicted octanol–water partition coefficient (Wildman–Crippen LogP) is 8.83. The molecule has 0 saturated heterocycles. The van der Waals surface area contributed by atoms with Crippen molar-refractivity contribution in [3.8, 4) is 0 Å². The molecule has 0 aromatic rings. The molecule has 3 aliphatic rings. The van der Waals surface area contributed by atoms with Crippen LogP contribution in [0.1, 0.15) is 168 Å². The van der Waals surface area contributed by atoms with Crippen LogP contribution in [0.2, 0.25) is 0 Å². The van der Waals surface area contributed by atoms with Crippen LogP contribution in [0, 0.1) is 16.7 Å². The highest BCUT2D eigenvalue weighted by atomic mass is 16.6. The highest BCUT2D eigenvalue weighted by Crippen LogP contribution is 2.51. The van der Waals surface area contributed by atoms with E-state index in [4.69, 9.17) is 23.7 Å². The van der Waals surface area contributed by atoms with Crippen molar-refractivity contribution < 1.29 is 52.8 Å². The first-order valence-electron chi connectivity index (χ1n) is 21.4. The summed E-state index contributed by atoms with van der Waals surface area (Å²) in [5, 5.41) is 10.5. The lowest BCUT2D eigenvalue weighted by molar-refractivity contribution is -0.175. The Labute approximate surface area is 330 Å². The van der Waals surface area contributed by atoms with Crippen LogP contribution in [0.5, 0.6) is 0 Å². The summed E-state index contributed by atoms with van der Waals surface area (Å²) < 4.78 is 27.4. The molecule has 55 heavy (non-hydrogen) atoms. The molecule has 0 aliphatic heterocycles. The number of allylic oxidation sites excluding steroid dienone is 2. The SMILES string of the molecule is CCCCC/C=C\CCOC(=O)CCCCC(=O)OCC(CO)(COC(=O)CCCCC(=O)OCC/C=C\CCCCC)COC(=O)C12CCC(CC1)CC2. The molecular weight excluding hydrogens is 704 g/mol. The molecule has 0 aromatic carbocycles. The van der Waals surface area contributed by atoms with Crippen LogP contribution in [0.15, 0.2) is 24.3 Å². The lowest BCUT2D eigenvalue weighted by Gasteiger charge is -2.44. The number of carbonyl (C=O) groups is 5. The standard InChI is InChI=1S/C44H72O11/c1-3-5-7-9-11-13-19-31-51-38(46)21-15-17-23-40(48)53-34-43(33-45,36-55-42(50)44-28-25-37(26-29-44)27-30-44)35-54-41(49)24-18-16-22-39(47)52-32-20-14-12-10-8-6-4-2/h11-14,37,45H,3-10,15-36H2,1-2H3/b13-11-,14-12-. The van der Waals surface area contributed by atoms with Gasteiger partial charge in [-0.15, -0.1) is 0 Å². The van der Waals surface area contributed by atoms with E-state index in [2.05, 4.69) is 26.0 Å². The number of unbranched alkanes of at least 4 members (excludes halogenated alkanes) is 8. The number of carbonyl (C=O) groups excluding carboxylic acids is 5. The number of hydrogen-bond donors (Lipinski definition) is 1. The lowest BCUT2D eigenvalue weighted by Crippen LogP contribution is -2.46. The summed E-state index contributed by atoms with van der Waals surface area (Å²) in [4.78, 5) is 62.9. The maximum absolute atomic E-state index is 13.4. The molecular formula is C44H72O11. The first-order valence-corrected chi connectivity index (χ1v) is 21.4. The molecule has 11 nitrogen and oxygen atoms in total. The van der Waals surface area contributed by atoms with E-state index in [0.717, 1.165) is 64.2 Å². The number of rotatable bonds is 32. The van der Waals surface area contributed by atoms with Crippen LogP contribution >= 0.6 is 0 Å². The van der Waals surface area contributed by atoms with E-state index in [1.54, 1.807) is 0 Å². The zero-order valence-electron chi connectivity index (χ0n) is 34.1. The Morgan fingerprint density at radius 1 is 0.545 bits per heavy atom. The van der Waals surface area contributed by atoms with Crippen LogP contribution in [0.25, 0.3) is 0 Å².